The number of imidazole rings is 1. The molecule has 3 heterocycles. The van der Waals surface area contributed by atoms with Crippen LogP contribution in [0, 0.1) is 0 Å². The molecular formula is C12H9N3. The molecule has 0 amide bonds. The Morgan fingerprint density at radius 1 is 0.867 bits per heavy atom. The van der Waals surface area contributed by atoms with Crippen LogP contribution >= 0.6 is 0 Å². The van der Waals surface area contributed by atoms with E-state index >= 15 is 0 Å². The van der Waals surface area contributed by atoms with E-state index in [-0.39, 0.29) is 0 Å². The molecule has 0 saturated heterocycles. The van der Waals surface area contributed by atoms with Crippen molar-refractivity contribution in [1.82, 2.24) is 14.4 Å². The van der Waals surface area contributed by atoms with Crippen LogP contribution in [0.5, 0.6) is 0 Å². The highest BCUT2D eigenvalue weighted by atomic mass is 15.0. The minimum Gasteiger partial charge on any atom is -0.307 e. The second kappa shape index (κ2) is 3.20. The van der Waals surface area contributed by atoms with Gasteiger partial charge in [0.2, 0.25) is 0 Å². The summed E-state index contributed by atoms with van der Waals surface area (Å²) in [6.07, 6.45) is 9.34. The molecule has 0 atom stereocenters. The molecule has 0 aliphatic carbocycles. The Morgan fingerprint density at radius 3 is 2.60 bits per heavy atom. The summed E-state index contributed by atoms with van der Waals surface area (Å²) in [5.74, 6) is 0. The lowest BCUT2D eigenvalue weighted by Gasteiger charge is -2.01. The Bertz CT molecular complexity index is 584. The van der Waals surface area contributed by atoms with Crippen LogP contribution in [0.1, 0.15) is 0 Å². The molecule has 3 aromatic heterocycles. The zero-order chi connectivity index (χ0) is 10.1. The van der Waals surface area contributed by atoms with Crippen LogP contribution in [-0.2, 0) is 0 Å². The van der Waals surface area contributed by atoms with Crippen molar-refractivity contribution in [2.45, 2.75) is 0 Å². The second-order valence-electron chi connectivity index (χ2n) is 3.34. The van der Waals surface area contributed by atoms with Gasteiger partial charge in [0, 0.05) is 31.0 Å². The summed E-state index contributed by atoms with van der Waals surface area (Å²) < 4.78 is 1.99. The molecule has 3 aromatic rings. The van der Waals surface area contributed by atoms with Crippen LogP contribution in [0.25, 0.3) is 16.8 Å². The molecule has 0 radical (unpaired) electrons. The van der Waals surface area contributed by atoms with Gasteiger partial charge < -0.3 is 4.40 Å². The predicted octanol–water partition coefficient (Wildman–Crippen LogP) is 2.40. The Morgan fingerprint density at radius 2 is 1.73 bits per heavy atom. The molecule has 0 fully saturated rings. The first-order chi connectivity index (χ1) is 7.43. The molecule has 0 N–H and O–H groups in total. The van der Waals surface area contributed by atoms with E-state index in [1.807, 2.05) is 28.9 Å². The molecule has 0 aliphatic heterocycles. The number of hydrogen-bond donors (Lipinski definition) is 0. The minimum absolute atomic E-state index is 0.962. The molecule has 0 spiro atoms. The average Bonchev–Trinajstić information content (AvgIpc) is 2.77. The first kappa shape index (κ1) is 8.17. The summed E-state index contributed by atoms with van der Waals surface area (Å²) in [4.78, 5) is 8.25. The van der Waals surface area contributed by atoms with Gasteiger partial charge in [-0.2, -0.15) is 0 Å². The summed E-state index contributed by atoms with van der Waals surface area (Å²) in [5.41, 5.74) is 3.29. The topological polar surface area (TPSA) is 30.2 Å². The number of nitrogens with zero attached hydrogens (tertiary/aromatic N) is 3. The van der Waals surface area contributed by atoms with Crippen LogP contribution in [0.4, 0.5) is 0 Å². The molecule has 3 heteroatoms. The summed E-state index contributed by atoms with van der Waals surface area (Å²) in [6.45, 7) is 0. The van der Waals surface area contributed by atoms with Crippen molar-refractivity contribution < 1.29 is 0 Å². The minimum atomic E-state index is 0.962. The lowest BCUT2D eigenvalue weighted by molar-refractivity contribution is 1.19. The average molecular weight is 195 g/mol. The van der Waals surface area contributed by atoms with Gasteiger partial charge in [-0.15, -0.1) is 0 Å². The Balaban J connectivity index is 2.19. The number of rotatable bonds is 1. The molecular weight excluding hydrogens is 186 g/mol. The van der Waals surface area contributed by atoms with E-state index in [4.69, 9.17) is 0 Å². The first-order valence-electron chi connectivity index (χ1n) is 4.76. The Hall–Kier alpha value is -2.16. The molecule has 0 unspecified atom stereocenters. The van der Waals surface area contributed by atoms with E-state index in [0.29, 0.717) is 0 Å². The lowest BCUT2D eigenvalue weighted by Crippen LogP contribution is -1.84. The molecule has 72 valence electrons. The van der Waals surface area contributed by atoms with E-state index < -0.39 is 0 Å². The van der Waals surface area contributed by atoms with Gasteiger partial charge in [-0.05, 0) is 35.4 Å². The Kier molecular flexibility index (Phi) is 1.75. The van der Waals surface area contributed by atoms with Crippen molar-refractivity contribution >= 4 is 5.65 Å². The van der Waals surface area contributed by atoms with Gasteiger partial charge >= 0.3 is 0 Å². The molecule has 0 saturated carbocycles. The SMILES string of the molecule is c1cc(-c2ccn3ccnc3c2)ccn1. The van der Waals surface area contributed by atoms with Gasteiger partial charge in [0.05, 0.1) is 0 Å². The second-order valence-corrected chi connectivity index (χ2v) is 3.34. The molecule has 0 aliphatic rings. The van der Waals surface area contributed by atoms with Gasteiger partial charge in [0.1, 0.15) is 5.65 Å². The third-order valence-electron chi connectivity index (χ3n) is 2.41. The zero-order valence-corrected chi connectivity index (χ0v) is 8.04. The summed E-state index contributed by atoms with van der Waals surface area (Å²) in [5, 5.41) is 0. The van der Waals surface area contributed by atoms with Gasteiger partial charge in [-0.3, -0.25) is 4.98 Å². The maximum absolute atomic E-state index is 4.25. The van der Waals surface area contributed by atoms with Gasteiger partial charge in [-0.1, -0.05) is 0 Å². The molecule has 3 rings (SSSR count). The van der Waals surface area contributed by atoms with Crippen molar-refractivity contribution in [3.8, 4) is 11.1 Å². The summed E-state index contributed by atoms with van der Waals surface area (Å²) in [7, 11) is 0. The first-order valence-corrected chi connectivity index (χ1v) is 4.76. The maximum Gasteiger partial charge on any atom is 0.137 e. The predicted molar refractivity (Wildman–Crippen MR) is 58.4 cm³/mol. The van der Waals surface area contributed by atoms with Crippen LogP contribution in [0.3, 0.4) is 0 Å². The maximum atomic E-state index is 4.25. The highest BCUT2D eigenvalue weighted by Crippen LogP contribution is 2.18. The fraction of sp³-hybridized carbons (Fsp3) is 0. The van der Waals surface area contributed by atoms with Gasteiger partial charge in [-0.25, -0.2) is 4.98 Å². The quantitative estimate of drug-likeness (QED) is 0.596. The Labute approximate surface area is 87.0 Å². The van der Waals surface area contributed by atoms with Crippen LogP contribution in [0.2, 0.25) is 0 Å². The monoisotopic (exact) mass is 195 g/mol. The smallest absolute Gasteiger partial charge is 0.137 e. The van der Waals surface area contributed by atoms with Crippen molar-refractivity contribution in [1.29, 1.82) is 0 Å². The number of pyridine rings is 2. The molecule has 0 bridgehead atoms. The number of hydrogen-bond acceptors (Lipinski definition) is 2. The van der Waals surface area contributed by atoms with E-state index in [2.05, 4.69) is 22.1 Å². The highest BCUT2D eigenvalue weighted by Gasteiger charge is 1.98. The van der Waals surface area contributed by atoms with Crippen molar-refractivity contribution in [2.24, 2.45) is 0 Å². The van der Waals surface area contributed by atoms with Crippen LogP contribution in [-0.4, -0.2) is 14.4 Å². The zero-order valence-electron chi connectivity index (χ0n) is 8.04. The van der Waals surface area contributed by atoms with E-state index in [0.717, 1.165) is 16.8 Å². The summed E-state index contributed by atoms with van der Waals surface area (Å²) in [6, 6.07) is 8.13. The third kappa shape index (κ3) is 1.38. The third-order valence-corrected chi connectivity index (χ3v) is 2.41. The molecule has 0 aromatic carbocycles. The van der Waals surface area contributed by atoms with Crippen molar-refractivity contribution in [2.75, 3.05) is 0 Å². The van der Waals surface area contributed by atoms with Crippen LogP contribution in [0.15, 0.2) is 55.2 Å². The van der Waals surface area contributed by atoms with Gasteiger partial charge in [0.25, 0.3) is 0 Å². The fourth-order valence-electron chi connectivity index (χ4n) is 1.63. The highest BCUT2D eigenvalue weighted by molar-refractivity contribution is 5.66. The number of fused-ring (bicyclic) bond motifs is 1. The van der Waals surface area contributed by atoms with Gasteiger partial charge in [0.15, 0.2) is 0 Å². The normalized spacial score (nSPS) is 10.7. The van der Waals surface area contributed by atoms with E-state index in [1.165, 1.54) is 0 Å². The van der Waals surface area contributed by atoms with Crippen molar-refractivity contribution in [3.05, 3.63) is 55.2 Å². The summed E-state index contributed by atoms with van der Waals surface area (Å²) >= 11 is 0. The van der Waals surface area contributed by atoms with Crippen LogP contribution < -0.4 is 0 Å². The molecule has 3 nitrogen and oxygen atoms in total. The number of aromatic nitrogens is 3. The fourth-order valence-corrected chi connectivity index (χ4v) is 1.63. The standard InChI is InChI=1S/C12H9N3/c1-4-13-5-2-10(1)11-3-7-15-8-6-14-12(15)9-11/h1-9H. The van der Waals surface area contributed by atoms with E-state index in [9.17, 15) is 0 Å². The van der Waals surface area contributed by atoms with Crippen molar-refractivity contribution in [3.63, 3.8) is 0 Å². The van der Waals surface area contributed by atoms with E-state index in [1.54, 1.807) is 18.6 Å². The largest absolute Gasteiger partial charge is 0.307 e. The molecule has 15 heavy (non-hydrogen) atoms. The lowest BCUT2D eigenvalue weighted by atomic mass is 10.1.